The lowest BCUT2D eigenvalue weighted by molar-refractivity contribution is 0.327. The van der Waals surface area contributed by atoms with E-state index in [1.807, 2.05) is 6.92 Å². The first kappa shape index (κ1) is 12.7. The van der Waals surface area contributed by atoms with Crippen LogP contribution in [0.3, 0.4) is 0 Å². The molecule has 0 amide bonds. The Hall–Kier alpha value is -1.33. The lowest BCUT2D eigenvalue weighted by atomic mass is 10.1. The van der Waals surface area contributed by atoms with Gasteiger partial charge in [0.15, 0.2) is 0 Å². The monoisotopic (exact) mass is 238 g/mol. The summed E-state index contributed by atoms with van der Waals surface area (Å²) in [6.45, 7) is 3.74. The number of hydrogen-bond acceptors (Lipinski definition) is 2. The molecule has 1 rings (SSSR count). The molecule has 1 aromatic carbocycles. The first-order chi connectivity index (χ1) is 7.69. The van der Waals surface area contributed by atoms with Crippen molar-refractivity contribution in [2.24, 2.45) is 0 Å². The van der Waals surface area contributed by atoms with E-state index in [1.54, 1.807) is 25.1 Å². The summed E-state index contributed by atoms with van der Waals surface area (Å²) in [5.41, 5.74) is 0.107. The second-order valence-corrected chi connectivity index (χ2v) is 3.73. The highest BCUT2D eigenvalue weighted by Crippen LogP contribution is 2.29. The Balaban J connectivity index is 2.92. The summed E-state index contributed by atoms with van der Waals surface area (Å²) >= 11 is 5.86. The van der Waals surface area contributed by atoms with Gasteiger partial charge in [-0.15, -0.1) is 5.92 Å². The Kier molecular flexibility index (Phi) is 5.01. The second kappa shape index (κ2) is 6.30. The maximum absolute atomic E-state index is 9.71. The lowest BCUT2D eigenvalue weighted by Crippen LogP contribution is -2.07. The van der Waals surface area contributed by atoms with Gasteiger partial charge in [-0.05, 0) is 31.4 Å². The van der Waals surface area contributed by atoms with Crippen molar-refractivity contribution in [3.8, 4) is 23.3 Å². The summed E-state index contributed by atoms with van der Waals surface area (Å²) in [6.07, 6.45) is 1.69. The summed E-state index contributed by atoms with van der Waals surface area (Å²) < 4.78 is 5.45. The van der Waals surface area contributed by atoms with Gasteiger partial charge in [0.05, 0.1) is 0 Å². The fraction of sp³-hybridized carbons (Fsp3) is 0.385. The third-order valence-electron chi connectivity index (χ3n) is 2.10. The first-order valence-electron chi connectivity index (χ1n) is 5.23. The molecule has 2 nitrogen and oxygen atoms in total. The average molecular weight is 239 g/mol. The topological polar surface area (TPSA) is 29.5 Å². The molecule has 0 saturated carbocycles. The molecule has 3 heteroatoms. The molecule has 0 saturated heterocycles. The smallest absolute Gasteiger partial charge is 0.234 e. The van der Waals surface area contributed by atoms with E-state index in [0.717, 1.165) is 18.4 Å². The van der Waals surface area contributed by atoms with E-state index in [0.29, 0.717) is 5.75 Å². The van der Waals surface area contributed by atoms with Gasteiger partial charge < -0.3 is 9.84 Å². The normalized spacial score (nSPS) is 11.4. The largest absolute Gasteiger partial charge is 0.508 e. The average Bonchev–Trinajstić information content (AvgIpc) is 2.23. The summed E-state index contributed by atoms with van der Waals surface area (Å²) in [4.78, 5) is 0. The molecule has 0 spiro atoms. The highest BCUT2D eigenvalue weighted by Gasteiger charge is 2.10. The van der Waals surface area contributed by atoms with Crippen LogP contribution >= 0.6 is 11.6 Å². The van der Waals surface area contributed by atoms with E-state index in [4.69, 9.17) is 16.3 Å². The standard InChI is InChI=1S/C13H15ClO2/c1-3-6-10-11(15)8-5-9-12(10)16-13(14)7-4-2/h5,8-9,13,15H,3,6H2,1-2H3. The molecule has 0 aliphatic heterocycles. The molecule has 1 aromatic rings. The fourth-order valence-electron chi connectivity index (χ4n) is 1.42. The van der Waals surface area contributed by atoms with Crippen molar-refractivity contribution in [1.82, 2.24) is 0 Å². The second-order valence-electron chi connectivity index (χ2n) is 3.33. The van der Waals surface area contributed by atoms with Gasteiger partial charge in [-0.3, -0.25) is 0 Å². The van der Waals surface area contributed by atoms with Gasteiger partial charge in [0.1, 0.15) is 11.5 Å². The molecule has 0 fully saturated rings. The quantitative estimate of drug-likeness (QED) is 0.644. The van der Waals surface area contributed by atoms with E-state index in [1.165, 1.54) is 0 Å². The van der Waals surface area contributed by atoms with Crippen molar-refractivity contribution in [2.45, 2.75) is 32.3 Å². The Morgan fingerprint density at radius 2 is 2.25 bits per heavy atom. The van der Waals surface area contributed by atoms with Crippen molar-refractivity contribution in [3.05, 3.63) is 23.8 Å². The highest BCUT2D eigenvalue weighted by molar-refractivity contribution is 6.21. The van der Waals surface area contributed by atoms with Gasteiger partial charge in [0, 0.05) is 5.56 Å². The zero-order valence-electron chi connectivity index (χ0n) is 9.46. The summed E-state index contributed by atoms with van der Waals surface area (Å²) in [5.74, 6) is 6.22. The Labute approximate surface area is 101 Å². The van der Waals surface area contributed by atoms with Crippen LogP contribution in [-0.4, -0.2) is 10.7 Å². The number of benzene rings is 1. The Morgan fingerprint density at radius 1 is 1.50 bits per heavy atom. The number of aromatic hydroxyl groups is 1. The minimum Gasteiger partial charge on any atom is -0.508 e. The van der Waals surface area contributed by atoms with Crippen molar-refractivity contribution >= 4 is 11.6 Å². The van der Waals surface area contributed by atoms with E-state index in [2.05, 4.69) is 11.8 Å². The van der Waals surface area contributed by atoms with Crippen molar-refractivity contribution in [3.63, 3.8) is 0 Å². The van der Waals surface area contributed by atoms with Crippen LogP contribution in [0.2, 0.25) is 0 Å². The summed E-state index contributed by atoms with van der Waals surface area (Å²) in [6, 6.07) is 5.16. The van der Waals surface area contributed by atoms with Crippen LogP contribution in [0, 0.1) is 11.8 Å². The SMILES string of the molecule is CC#CC(Cl)Oc1cccc(O)c1CCC. The van der Waals surface area contributed by atoms with Gasteiger partial charge in [0.2, 0.25) is 5.56 Å². The maximum Gasteiger partial charge on any atom is 0.234 e. The van der Waals surface area contributed by atoms with Gasteiger partial charge in [-0.1, -0.05) is 31.0 Å². The molecule has 1 N–H and O–H groups in total. The van der Waals surface area contributed by atoms with Crippen LogP contribution in [-0.2, 0) is 6.42 Å². The number of phenols is 1. The van der Waals surface area contributed by atoms with E-state index >= 15 is 0 Å². The molecule has 0 bridgehead atoms. The van der Waals surface area contributed by atoms with Gasteiger partial charge in [-0.2, -0.15) is 0 Å². The molecular weight excluding hydrogens is 224 g/mol. The van der Waals surface area contributed by atoms with Crippen LogP contribution in [0.1, 0.15) is 25.8 Å². The number of halogens is 1. The van der Waals surface area contributed by atoms with Gasteiger partial charge >= 0.3 is 0 Å². The molecule has 0 aromatic heterocycles. The summed E-state index contributed by atoms with van der Waals surface area (Å²) in [5, 5.41) is 9.71. The summed E-state index contributed by atoms with van der Waals surface area (Å²) in [7, 11) is 0. The zero-order chi connectivity index (χ0) is 12.0. The number of alkyl halides is 1. The lowest BCUT2D eigenvalue weighted by Gasteiger charge is -2.13. The number of ether oxygens (including phenoxy) is 1. The highest BCUT2D eigenvalue weighted by atomic mass is 35.5. The molecule has 16 heavy (non-hydrogen) atoms. The molecule has 0 radical (unpaired) electrons. The molecule has 1 unspecified atom stereocenters. The molecule has 0 aliphatic carbocycles. The van der Waals surface area contributed by atoms with Crippen molar-refractivity contribution in [1.29, 1.82) is 0 Å². The van der Waals surface area contributed by atoms with Crippen LogP contribution in [0.25, 0.3) is 0 Å². The minimum atomic E-state index is -0.678. The Morgan fingerprint density at radius 3 is 2.88 bits per heavy atom. The van der Waals surface area contributed by atoms with Gasteiger partial charge in [0.25, 0.3) is 0 Å². The van der Waals surface area contributed by atoms with Crippen molar-refractivity contribution in [2.75, 3.05) is 0 Å². The molecule has 0 heterocycles. The molecule has 86 valence electrons. The predicted molar refractivity (Wildman–Crippen MR) is 65.8 cm³/mol. The minimum absolute atomic E-state index is 0.243. The third-order valence-corrected chi connectivity index (χ3v) is 2.29. The maximum atomic E-state index is 9.71. The van der Waals surface area contributed by atoms with Crippen LogP contribution in [0.15, 0.2) is 18.2 Å². The zero-order valence-corrected chi connectivity index (χ0v) is 10.2. The van der Waals surface area contributed by atoms with E-state index in [-0.39, 0.29) is 5.75 Å². The third kappa shape index (κ3) is 3.36. The van der Waals surface area contributed by atoms with Crippen LogP contribution in [0.5, 0.6) is 11.5 Å². The van der Waals surface area contributed by atoms with Crippen molar-refractivity contribution < 1.29 is 9.84 Å². The molecular formula is C13H15ClO2. The van der Waals surface area contributed by atoms with Crippen LogP contribution in [0.4, 0.5) is 0 Å². The van der Waals surface area contributed by atoms with E-state index in [9.17, 15) is 5.11 Å². The number of phenolic OH excluding ortho intramolecular Hbond substituents is 1. The predicted octanol–water partition coefficient (Wildman–Crippen LogP) is 3.31. The fourth-order valence-corrected chi connectivity index (χ4v) is 1.63. The number of rotatable bonds is 4. The molecule has 1 atom stereocenters. The first-order valence-corrected chi connectivity index (χ1v) is 5.66. The van der Waals surface area contributed by atoms with Crippen LogP contribution < -0.4 is 4.74 Å². The van der Waals surface area contributed by atoms with Gasteiger partial charge in [-0.25, -0.2) is 0 Å². The Bertz CT molecular complexity index is 404. The number of hydrogen-bond donors (Lipinski definition) is 1. The van der Waals surface area contributed by atoms with E-state index < -0.39 is 5.56 Å². The molecule has 0 aliphatic rings.